The topological polar surface area (TPSA) is 81.0 Å². The fraction of sp³-hybridized carbons (Fsp3) is 0.208. The molecule has 4 rings (SSSR count). The van der Waals surface area contributed by atoms with Crippen LogP contribution in [0.4, 0.5) is 10.5 Å². The number of nitrogens with one attached hydrogen (secondary N) is 1. The van der Waals surface area contributed by atoms with Crippen LogP contribution in [0.15, 0.2) is 79.0 Å². The zero-order valence-electron chi connectivity index (χ0n) is 17.8. The number of hydrogen-bond donors (Lipinski definition) is 1. The Hall–Kier alpha value is -3.91. The molecule has 0 unspecified atom stereocenters. The third kappa shape index (κ3) is 5.61. The third-order valence-electron chi connectivity index (χ3n) is 4.80. The standard InChI is InChI=1S/C24H25N5O3/c1-28(17-23-27-26-22-12-5-6-13-29(22)23)24(30)25-20-9-7-8-19(16-20)18-31-14-15-32-21-10-3-2-4-11-21/h2-13,16H,14-15,17-18H2,1H3,(H,25,30). The number of rotatable bonds is 9. The second kappa shape index (κ2) is 10.4. The first-order valence-corrected chi connectivity index (χ1v) is 10.3. The van der Waals surface area contributed by atoms with Crippen molar-refractivity contribution in [3.8, 4) is 5.75 Å². The van der Waals surface area contributed by atoms with E-state index in [1.54, 1.807) is 11.9 Å². The highest BCUT2D eigenvalue weighted by molar-refractivity contribution is 5.89. The van der Waals surface area contributed by atoms with Gasteiger partial charge >= 0.3 is 6.03 Å². The van der Waals surface area contributed by atoms with Gasteiger partial charge in [-0.1, -0.05) is 36.4 Å². The van der Waals surface area contributed by atoms with E-state index in [0.29, 0.717) is 37.9 Å². The number of ether oxygens (including phenoxy) is 2. The van der Waals surface area contributed by atoms with Gasteiger partial charge in [0.1, 0.15) is 12.4 Å². The lowest BCUT2D eigenvalue weighted by atomic mass is 10.2. The maximum atomic E-state index is 12.6. The number of fused-ring (bicyclic) bond motifs is 1. The maximum Gasteiger partial charge on any atom is 0.321 e. The number of hydrogen-bond acceptors (Lipinski definition) is 5. The van der Waals surface area contributed by atoms with Crippen molar-refractivity contribution < 1.29 is 14.3 Å². The summed E-state index contributed by atoms with van der Waals surface area (Å²) in [5.41, 5.74) is 2.42. The summed E-state index contributed by atoms with van der Waals surface area (Å²) in [6, 6.07) is 22.7. The average molecular weight is 431 g/mol. The molecule has 0 saturated heterocycles. The normalized spacial score (nSPS) is 10.8. The Morgan fingerprint density at radius 3 is 2.72 bits per heavy atom. The van der Waals surface area contributed by atoms with Crippen molar-refractivity contribution in [1.82, 2.24) is 19.5 Å². The lowest BCUT2D eigenvalue weighted by Gasteiger charge is -2.17. The highest BCUT2D eigenvalue weighted by Crippen LogP contribution is 2.14. The summed E-state index contributed by atoms with van der Waals surface area (Å²) < 4.78 is 13.2. The SMILES string of the molecule is CN(Cc1nnc2ccccn12)C(=O)Nc1cccc(COCCOc2ccccc2)c1. The van der Waals surface area contributed by atoms with E-state index in [4.69, 9.17) is 9.47 Å². The van der Waals surface area contributed by atoms with Crippen molar-refractivity contribution >= 4 is 17.4 Å². The van der Waals surface area contributed by atoms with Gasteiger partial charge in [0.05, 0.1) is 19.8 Å². The number of anilines is 1. The number of para-hydroxylation sites is 1. The van der Waals surface area contributed by atoms with Crippen LogP contribution in [-0.4, -0.2) is 45.8 Å². The van der Waals surface area contributed by atoms with Crippen molar-refractivity contribution in [1.29, 1.82) is 0 Å². The predicted molar refractivity (Wildman–Crippen MR) is 122 cm³/mol. The summed E-state index contributed by atoms with van der Waals surface area (Å²) in [5, 5.41) is 11.2. The summed E-state index contributed by atoms with van der Waals surface area (Å²) in [5.74, 6) is 1.52. The Morgan fingerprint density at radius 2 is 1.84 bits per heavy atom. The predicted octanol–water partition coefficient (Wildman–Crippen LogP) is 3.99. The molecule has 0 bridgehead atoms. The molecule has 32 heavy (non-hydrogen) atoms. The van der Waals surface area contributed by atoms with E-state index >= 15 is 0 Å². The number of carbonyl (C=O) groups excluding carboxylic acids is 1. The summed E-state index contributed by atoms with van der Waals surface area (Å²) in [4.78, 5) is 14.2. The Kier molecular flexibility index (Phi) is 6.94. The summed E-state index contributed by atoms with van der Waals surface area (Å²) in [6.45, 7) is 1.72. The van der Waals surface area contributed by atoms with Crippen LogP contribution in [-0.2, 0) is 17.9 Å². The number of benzene rings is 2. The lowest BCUT2D eigenvalue weighted by molar-refractivity contribution is 0.0889. The molecular formula is C24H25N5O3. The van der Waals surface area contributed by atoms with Crippen molar-refractivity contribution in [2.24, 2.45) is 0 Å². The Bertz CT molecular complexity index is 1160. The zero-order valence-corrected chi connectivity index (χ0v) is 17.8. The van der Waals surface area contributed by atoms with Gasteiger partial charge in [0, 0.05) is 18.9 Å². The molecule has 0 radical (unpaired) electrons. The van der Waals surface area contributed by atoms with Crippen molar-refractivity contribution in [3.63, 3.8) is 0 Å². The van der Waals surface area contributed by atoms with Crippen LogP contribution in [0, 0.1) is 0 Å². The fourth-order valence-electron chi connectivity index (χ4n) is 3.17. The smallest absolute Gasteiger partial charge is 0.321 e. The number of pyridine rings is 1. The quantitative estimate of drug-likeness (QED) is 0.405. The van der Waals surface area contributed by atoms with Gasteiger partial charge in [-0.3, -0.25) is 4.40 Å². The average Bonchev–Trinajstić information content (AvgIpc) is 3.22. The molecule has 2 amide bonds. The molecule has 8 nitrogen and oxygen atoms in total. The number of aromatic nitrogens is 3. The summed E-state index contributed by atoms with van der Waals surface area (Å²) in [6.07, 6.45) is 1.88. The molecule has 0 fully saturated rings. The molecule has 0 atom stereocenters. The van der Waals surface area contributed by atoms with Gasteiger partial charge in [-0.15, -0.1) is 10.2 Å². The van der Waals surface area contributed by atoms with Crippen LogP contribution in [0.5, 0.6) is 5.75 Å². The van der Waals surface area contributed by atoms with E-state index in [1.165, 1.54) is 0 Å². The maximum absolute atomic E-state index is 12.6. The van der Waals surface area contributed by atoms with Crippen molar-refractivity contribution in [3.05, 3.63) is 90.4 Å². The molecule has 4 aromatic rings. The van der Waals surface area contributed by atoms with Crippen LogP contribution in [0.1, 0.15) is 11.4 Å². The van der Waals surface area contributed by atoms with Gasteiger partial charge in [0.25, 0.3) is 0 Å². The van der Waals surface area contributed by atoms with E-state index in [2.05, 4.69) is 15.5 Å². The van der Waals surface area contributed by atoms with Crippen LogP contribution < -0.4 is 10.1 Å². The second-order valence-corrected chi connectivity index (χ2v) is 7.25. The van der Waals surface area contributed by atoms with Gasteiger partial charge in [-0.2, -0.15) is 0 Å². The first-order chi connectivity index (χ1) is 15.7. The van der Waals surface area contributed by atoms with Crippen LogP contribution in [0.3, 0.4) is 0 Å². The van der Waals surface area contributed by atoms with E-state index in [9.17, 15) is 4.79 Å². The Morgan fingerprint density at radius 1 is 1.00 bits per heavy atom. The van der Waals surface area contributed by atoms with E-state index in [1.807, 2.05) is 83.4 Å². The molecule has 2 aromatic heterocycles. The van der Waals surface area contributed by atoms with Crippen molar-refractivity contribution in [2.75, 3.05) is 25.6 Å². The minimum atomic E-state index is -0.230. The van der Waals surface area contributed by atoms with Crippen LogP contribution in [0.2, 0.25) is 0 Å². The van der Waals surface area contributed by atoms with E-state index < -0.39 is 0 Å². The lowest BCUT2D eigenvalue weighted by Crippen LogP contribution is -2.31. The van der Waals surface area contributed by atoms with Crippen LogP contribution in [0.25, 0.3) is 5.65 Å². The summed E-state index contributed by atoms with van der Waals surface area (Å²) >= 11 is 0. The summed E-state index contributed by atoms with van der Waals surface area (Å²) in [7, 11) is 1.72. The first-order valence-electron chi connectivity index (χ1n) is 10.3. The highest BCUT2D eigenvalue weighted by Gasteiger charge is 2.13. The Labute approximate surface area is 186 Å². The molecule has 1 N–H and O–H groups in total. The number of amides is 2. The zero-order chi connectivity index (χ0) is 22.2. The molecule has 8 heteroatoms. The molecular weight excluding hydrogens is 406 g/mol. The molecule has 0 saturated carbocycles. The second-order valence-electron chi connectivity index (χ2n) is 7.25. The monoisotopic (exact) mass is 431 g/mol. The van der Waals surface area contributed by atoms with Gasteiger partial charge in [-0.25, -0.2) is 4.79 Å². The van der Waals surface area contributed by atoms with Crippen LogP contribution >= 0.6 is 0 Å². The molecule has 0 spiro atoms. The molecule has 0 aliphatic heterocycles. The molecule has 2 heterocycles. The minimum Gasteiger partial charge on any atom is -0.491 e. The van der Waals surface area contributed by atoms with E-state index in [0.717, 1.165) is 17.0 Å². The van der Waals surface area contributed by atoms with Crippen molar-refractivity contribution in [2.45, 2.75) is 13.2 Å². The third-order valence-corrected chi connectivity index (χ3v) is 4.80. The highest BCUT2D eigenvalue weighted by atomic mass is 16.5. The molecule has 2 aromatic carbocycles. The Balaban J connectivity index is 1.25. The molecule has 0 aliphatic carbocycles. The largest absolute Gasteiger partial charge is 0.491 e. The number of carbonyl (C=O) groups is 1. The van der Waals surface area contributed by atoms with Gasteiger partial charge in [0.2, 0.25) is 0 Å². The van der Waals surface area contributed by atoms with Gasteiger partial charge in [-0.05, 0) is 42.0 Å². The molecule has 0 aliphatic rings. The minimum absolute atomic E-state index is 0.230. The van der Waals surface area contributed by atoms with E-state index in [-0.39, 0.29) is 6.03 Å². The molecule has 164 valence electrons. The van der Waals surface area contributed by atoms with Gasteiger partial charge in [0.15, 0.2) is 11.5 Å². The van der Waals surface area contributed by atoms with Gasteiger partial charge < -0.3 is 19.7 Å². The fourth-order valence-corrected chi connectivity index (χ4v) is 3.17. The number of nitrogens with zero attached hydrogens (tertiary/aromatic N) is 4. The number of urea groups is 1. The first kappa shape index (κ1) is 21.3.